The fourth-order valence-corrected chi connectivity index (χ4v) is 4.88. The number of aromatic hydroxyl groups is 1. The van der Waals surface area contributed by atoms with E-state index in [0.29, 0.717) is 35.7 Å². The smallest absolute Gasteiger partial charge is 0.211 e. The summed E-state index contributed by atoms with van der Waals surface area (Å²) in [4.78, 5) is 4.65. The topological polar surface area (TPSA) is 109 Å². The average Bonchev–Trinajstić information content (AvgIpc) is 3.17. The van der Waals surface area contributed by atoms with Gasteiger partial charge in [-0.1, -0.05) is 43.3 Å². The molecular formula is C23H24BrN5O3S. The quantitative estimate of drug-likeness (QED) is 0.298. The molecular weight excluding hydrogens is 506 g/mol. The van der Waals surface area contributed by atoms with Gasteiger partial charge in [-0.25, -0.2) is 18.1 Å². The van der Waals surface area contributed by atoms with Crippen molar-refractivity contribution in [2.24, 2.45) is 0 Å². The molecule has 3 N–H and O–H groups in total. The van der Waals surface area contributed by atoms with Crippen LogP contribution in [0.25, 0.3) is 16.9 Å². The number of phenols is 1. The van der Waals surface area contributed by atoms with Gasteiger partial charge in [-0.05, 0) is 45.6 Å². The zero-order chi connectivity index (χ0) is 23.4. The van der Waals surface area contributed by atoms with Crippen molar-refractivity contribution in [1.82, 2.24) is 19.3 Å². The molecule has 0 saturated heterocycles. The molecule has 0 aliphatic carbocycles. The van der Waals surface area contributed by atoms with Crippen molar-refractivity contribution in [3.05, 3.63) is 76.4 Å². The summed E-state index contributed by atoms with van der Waals surface area (Å²) in [6, 6.07) is 16.6. The third kappa shape index (κ3) is 5.52. The molecule has 33 heavy (non-hydrogen) atoms. The fraction of sp³-hybridized carbons (Fsp3) is 0.217. The van der Waals surface area contributed by atoms with Crippen LogP contribution in [0.2, 0.25) is 0 Å². The van der Waals surface area contributed by atoms with Crippen LogP contribution in [0, 0.1) is 0 Å². The summed E-state index contributed by atoms with van der Waals surface area (Å²) in [6.45, 7) is 2.58. The number of fused-ring (bicyclic) bond motifs is 1. The second-order valence-corrected chi connectivity index (χ2v) is 10.4. The van der Waals surface area contributed by atoms with Crippen LogP contribution in [0.3, 0.4) is 0 Å². The molecule has 0 atom stereocenters. The number of rotatable bonds is 9. The number of nitrogens with one attached hydrogen (secondary N) is 2. The maximum atomic E-state index is 11.9. The number of para-hydroxylation sites is 1. The van der Waals surface area contributed by atoms with Gasteiger partial charge in [0.25, 0.3) is 0 Å². The number of halogens is 1. The SMILES string of the molecule is CCCS(=O)(=O)NCc1cccc(CNc2cc(-c3ccccc3O)nc3c(Br)cnn23)c1. The van der Waals surface area contributed by atoms with Gasteiger partial charge in [0.2, 0.25) is 10.0 Å². The Balaban J connectivity index is 1.57. The van der Waals surface area contributed by atoms with Crippen molar-refractivity contribution >= 4 is 37.4 Å². The molecule has 0 aliphatic rings. The predicted molar refractivity (Wildman–Crippen MR) is 132 cm³/mol. The number of hydrogen-bond acceptors (Lipinski definition) is 6. The van der Waals surface area contributed by atoms with Crippen LogP contribution < -0.4 is 10.0 Å². The van der Waals surface area contributed by atoms with Crippen LogP contribution in [-0.4, -0.2) is 33.9 Å². The highest BCUT2D eigenvalue weighted by Gasteiger charge is 2.14. The number of anilines is 1. The standard InChI is InChI=1S/C23H24BrN5O3S/c1-2-10-33(31,32)27-14-17-7-5-6-16(11-17)13-25-22-12-20(18-8-3-4-9-21(18)30)28-23-19(24)15-26-29(22)23/h3-9,11-12,15,25,27,30H,2,10,13-14H2,1H3. The van der Waals surface area contributed by atoms with Crippen LogP contribution in [-0.2, 0) is 23.1 Å². The monoisotopic (exact) mass is 529 g/mol. The van der Waals surface area contributed by atoms with E-state index in [1.54, 1.807) is 22.8 Å². The Morgan fingerprint density at radius 2 is 1.82 bits per heavy atom. The molecule has 0 bridgehead atoms. The number of aromatic nitrogens is 3. The van der Waals surface area contributed by atoms with E-state index < -0.39 is 10.0 Å². The second kappa shape index (κ2) is 9.90. The van der Waals surface area contributed by atoms with E-state index in [4.69, 9.17) is 0 Å². The molecule has 0 aliphatic heterocycles. The van der Waals surface area contributed by atoms with E-state index in [9.17, 15) is 13.5 Å². The molecule has 0 unspecified atom stereocenters. The Morgan fingerprint density at radius 3 is 2.58 bits per heavy atom. The number of phenolic OH excluding ortho intramolecular Hbond substituents is 1. The lowest BCUT2D eigenvalue weighted by atomic mass is 10.1. The lowest BCUT2D eigenvalue weighted by Crippen LogP contribution is -2.25. The summed E-state index contributed by atoms with van der Waals surface area (Å²) in [5.41, 5.74) is 3.73. The van der Waals surface area contributed by atoms with E-state index in [2.05, 4.69) is 36.1 Å². The maximum absolute atomic E-state index is 11.9. The number of sulfonamides is 1. The Hall–Kier alpha value is -2.95. The molecule has 0 fully saturated rings. The summed E-state index contributed by atoms with van der Waals surface area (Å²) in [5.74, 6) is 0.970. The minimum absolute atomic E-state index is 0.116. The Bertz CT molecular complexity index is 1390. The number of hydrogen-bond donors (Lipinski definition) is 3. The van der Waals surface area contributed by atoms with E-state index in [0.717, 1.165) is 15.6 Å². The molecule has 0 spiro atoms. The molecule has 2 heterocycles. The first kappa shape index (κ1) is 23.2. The van der Waals surface area contributed by atoms with Crippen molar-refractivity contribution in [3.8, 4) is 17.0 Å². The maximum Gasteiger partial charge on any atom is 0.211 e. The fourth-order valence-electron chi connectivity index (χ4n) is 3.47. The van der Waals surface area contributed by atoms with Crippen molar-refractivity contribution in [2.75, 3.05) is 11.1 Å². The van der Waals surface area contributed by atoms with Crippen LogP contribution in [0.4, 0.5) is 5.82 Å². The average molecular weight is 530 g/mol. The Kier molecular flexibility index (Phi) is 6.96. The van der Waals surface area contributed by atoms with Gasteiger partial charge in [-0.15, -0.1) is 0 Å². The molecule has 4 aromatic rings. The molecule has 4 rings (SSSR count). The molecule has 2 aromatic carbocycles. The number of nitrogens with zero attached hydrogens (tertiary/aromatic N) is 3. The van der Waals surface area contributed by atoms with Gasteiger partial charge >= 0.3 is 0 Å². The van der Waals surface area contributed by atoms with Crippen LogP contribution in [0.1, 0.15) is 24.5 Å². The first-order chi connectivity index (χ1) is 15.9. The highest BCUT2D eigenvalue weighted by Crippen LogP contribution is 2.31. The van der Waals surface area contributed by atoms with Crippen LogP contribution >= 0.6 is 15.9 Å². The highest BCUT2D eigenvalue weighted by molar-refractivity contribution is 9.10. The second-order valence-electron chi connectivity index (χ2n) is 7.59. The normalized spacial score (nSPS) is 11.7. The molecule has 0 saturated carbocycles. The summed E-state index contributed by atoms with van der Waals surface area (Å²) < 4.78 is 28.9. The molecule has 0 amide bonds. The molecule has 172 valence electrons. The first-order valence-electron chi connectivity index (χ1n) is 10.5. The summed E-state index contributed by atoms with van der Waals surface area (Å²) in [5, 5.41) is 18.1. The van der Waals surface area contributed by atoms with Gasteiger partial charge in [0, 0.05) is 24.7 Å². The van der Waals surface area contributed by atoms with E-state index >= 15 is 0 Å². The summed E-state index contributed by atoms with van der Waals surface area (Å²) >= 11 is 3.48. The largest absolute Gasteiger partial charge is 0.507 e. The van der Waals surface area contributed by atoms with Gasteiger partial charge in [0.05, 0.1) is 22.1 Å². The lowest BCUT2D eigenvalue weighted by Gasteiger charge is -2.12. The molecule has 0 radical (unpaired) electrons. The van der Waals surface area contributed by atoms with Crippen molar-refractivity contribution in [3.63, 3.8) is 0 Å². The summed E-state index contributed by atoms with van der Waals surface area (Å²) in [6.07, 6.45) is 2.25. The molecule has 8 nitrogen and oxygen atoms in total. The molecule has 2 aromatic heterocycles. The van der Waals surface area contributed by atoms with E-state index in [1.807, 2.05) is 49.4 Å². The van der Waals surface area contributed by atoms with Gasteiger partial charge < -0.3 is 10.4 Å². The lowest BCUT2D eigenvalue weighted by molar-refractivity contribution is 0.477. The van der Waals surface area contributed by atoms with Gasteiger partial charge in [-0.3, -0.25) is 0 Å². The minimum Gasteiger partial charge on any atom is -0.507 e. The zero-order valence-electron chi connectivity index (χ0n) is 18.0. The third-order valence-corrected chi connectivity index (χ3v) is 7.13. The van der Waals surface area contributed by atoms with Crippen LogP contribution in [0.5, 0.6) is 5.75 Å². The van der Waals surface area contributed by atoms with Crippen LogP contribution in [0.15, 0.2) is 65.3 Å². The van der Waals surface area contributed by atoms with Gasteiger partial charge in [0.15, 0.2) is 5.65 Å². The zero-order valence-corrected chi connectivity index (χ0v) is 20.4. The predicted octanol–water partition coefficient (Wildman–Crippen LogP) is 4.31. The van der Waals surface area contributed by atoms with Crippen molar-refractivity contribution < 1.29 is 13.5 Å². The number of benzene rings is 2. The first-order valence-corrected chi connectivity index (χ1v) is 12.9. The molecule has 10 heteroatoms. The highest BCUT2D eigenvalue weighted by atomic mass is 79.9. The van der Waals surface area contributed by atoms with Crippen molar-refractivity contribution in [2.45, 2.75) is 26.4 Å². The Morgan fingerprint density at radius 1 is 1.06 bits per heavy atom. The third-order valence-electron chi connectivity index (χ3n) is 5.04. The Labute approximate surface area is 200 Å². The minimum atomic E-state index is -3.26. The van der Waals surface area contributed by atoms with E-state index in [1.165, 1.54) is 0 Å². The van der Waals surface area contributed by atoms with Crippen molar-refractivity contribution in [1.29, 1.82) is 0 Å². The van der Waals surface area contributed by atoms with Gasteiger partial charge in [-0.2, -0.15) is 9.61 Å². The van der Waals surface area contributed by atoms with E-state index in [-0.39, 0.29) is 18.0 Å². The van der Waals surface area contributed by atoms with Gasteiger partial charge in [0.1, 0.15) is 11.6 Å². The summed E-state index contributed by atoms with van der Waals surface area (Å²) in [7, 11) is -3.26.